The summed E-state index contributed by atoms with van der Waals surface area (Å²) in [5, 5.41) is 11.3. The molecule has 7 heteroatoms. The number of aromatic nitrogens is 1. The number of thiazole rings is 1. The van der Waals surface area contributed by atoms with Gasteiger partial charge in [0, 0.05) is 22.8 Å². The minimum Gasteiger partial charge on any atom is -0.335 e. The summed E-state index contributed by atoms with van der Waals surface area (Å²) in [5.74, 6) is -0.109. The predicted molar refractivity (Wildman–Crippen MR) is 90.8 cm³/mol. The van der Waals surface area contributed by atoms with Crippen LogP contribution < -0.4 is 16.0 Å². The van der Waals surface area contributed by atoms with Crippen molar-refractivity contribution in [3.05, 3.63) is 40.3 Å². The molecule has 1 aromatic heterocycles. The first-order valence-corrected chi connectivity index (χ1v) is 8.35. The standard InChI is InChI=1S/C16H18N4O2S/c1-10-17-14(9-23-10)8-15(21)18-11-2-4-12(5-3-11)19-16(22)20-13-6-7-13/h2-5,9,13H,6-8H2,1H3,(H,18,21)(H2,19,20,22). The van der Waals surface area contributed by atoms with Gasteiger partial charge in [-0.3, -0.25) is 4.79 Å². The molecule has 0 unspecified atom stereocenters. The highest BCUT2D eigenvalue weighted by molar-refractivity contribution is 7.09. The average molecular weight is 330 g/mol. The number of nitrogens with one attached hydrogen (secondary N) is 3. The van der Waals surface area contributed by atoms with Crippen molar-refractivity contribution in [3.8, 4) is 0 Å². The predicted octanol–water partition coefficient (Wildman–Crippen LogP) is 2.92. The molecule has 0 aliphatic heterocycles. The van der Waals surface area contributed by atoms with Crippen molar-refractivity contribution in [2.75, 3.05) is 10.6 Å². The lowest BCUT2D eigenvalue weighted by molar-refractivity contribution is -0.115. The molecule has 3 amide bonds. The molecular weight excluding hydrogens is 312 g/mol. The van der Waals surface area contributed by atoms with Crippen LogP contribution in [0.1, 0.15) is 23.5 Å². The molecule has 1 aromatic carbocycles. The molecule has 1 saturated carbocycles. The number of hydrogen-bond donors (Lipinski definition) is 3. The molecule has 6 nitrogen and oxygen atoms in total. The Kier molecular flexibility index (Phi) is 4.57. The number of benzene rings is 1. The van der Waals surface area contributed by atoms with Gasteiger partial charge in [-0.2, -0.15) is 0 Å². The lowest BCUT2D eigenvalue weighted by atomic mass is 10.2. The minimum absolute atomic E-state index is 0.109. The number of urea groups is 1. The van der Waals surface area contributed by atoms with E-state index < -0.39 is 0 Å². The van der Waals surface area contributed by atoms with E-state index in [1.165, 1.54) is 11.3 Å². The summed E-state index contributed by atoms with van der Waals surface area (Å²) >= 11 is 1.53. The lowest BCUT2D eigenvalue weighted by Gasteiger charge is -2.08. The Morgan fingerprint density at radius 3 is 2.39 bits per heavy atom. The smallest absolute Gasteiger partial charge is 0.319 e. The van der Waals surface area contributed by atoms with Gasteiger partial charge >= 0.3 is 6.03 Å². The third kappa shape index (κ3) is 4.79. The second kappa shape index (κ2) is 6.78. The topological polar surface area (TPSA) is 83.1 Å². The molecule has 23 heavy (non-hydrogen) atoms. The van der Waals surface area contributed by atoms with Crippen LogP contribution in [0, 0.1) is 6.92 Å². The fourth-order valence-electron chi connectivity index (χ4n) is 2.08. The Morgan fingerprint density at radius 1 is 1.17 bits per heavy atom. The van der Waals surface area contributed by atoms with Crippen molar-refractivity contribution >= 4 is 34.6 Å². The molecule has 0 bridgehead atoms. The van der Waals surface area contributed by atoms with Crippen molar-refractivity contribution in [2.45, 2.75) is 32.2 Å². The number of carbonyl (C=O) groups is 2. The van der Waals surface area contributed by atoms with Crippen LogP contribution >= 0.6 is 11.3 Å². The average Bonchev–Trinajstić information content (AvgIpc) is 3.22. The number of nitrogens with zero attached hydrogens (tertiary/aromatic N) is 1. The van der Waals surface area contributed by atoms with E-state index in [4.69, 9.17) is 0 Å². The third-order valence-electron chi connectivity index (χ3n) is 3.35. The Balaban J connectivity index is 1.50. The third-order valence-corrected chi connectivity index (χ3v) is 4.17. The normalized spacial score (nSPS) is 13.4. The summed E-state index contributed by atoms with van der Waals surface area (Å²) in [6.45, 7) is 1.91. The lowest BCUT2D eigenvalue weighted by Crippen LogP contribution is -2.30. The molecule has 0 radical (unpaired) electrons. The molecule has 2 aromatic rings. The summed E-state index contributed by atoms with van der Waals surface area (Å²) < 4.78 is 0. The van der Waals surface area contributed by atoms with E-state index in [1.54, 1.807) is 24.3 Å². The number of rotatable bonds is 5. The zero-order valence-corrected chi connectivity index (χ0v) is 13.6. The molecule has 120 valence electrons. The van der Waals surface area contributed by atoms with E-state index >= 15 is 0 Å². The van der Waals surface area contributed by atoms with Gasteiger partial charge in [0.05, 0.1) is 17.1 Å². The zero-order chi connectivity index (χ0) is 16.2. The summed E-state index contributed by atoms with van der Waals surface area (Å²) in [5.41, 5.74) is 2.16. The fraction of sp³-hybridized carbons (Fsp3) is 0.312. The van der Waals surface area contributed by atoms with Gasteiger partial charge in [-0.15, -0.1) is 11.3 Å². The second-order valence-corrected chi connectivity index (χ2v) is 6.60. The Hall–Kier alpha value is -2.41. The van der Waals surface area contributed by atoms with Crippen molar-refractivity contribution in [2.24, 2.45) is 0 Å². The van der Waals surface area contributed by atoms with Crippen LogP contribution in [0.5, 0.6) is 0 Å². The van der Waals surface area contributed by atoms with Crippen molar-refractivity contribution in [1.82, 2.24) is 10.3 Å². The van der Waals surface area contributed by atoms with Gasteiger partial charge < -0.3 is 16.0 Å². The number of anilines is 2. The van der Waals surface area contributed by atoms with E-state index in [0.29, 0.717) is 17.4 Å². The van der Waals surface area contributed by atoms with E-state index in [9.17, 15) is 9.59 Å². The first kappa shape index (κ1) is 15.5. The van der Waals surface area contributed by atoms with Crippen LogP contribution in [-0.4, -0.2) is 23.0 Å². The van der Waals surface area contributed by atoms with Gasteiger partial charge in [-0.05, 0) is 44.0 Å². The molecule has 1 heterocycles. The Morgan fingerprint density at radius 2 is 1.83 bits per heavy atom. The molecule has 0 spiro atoms. The van der Waals surface area contributed by atoms with Gasteiger partial charge in [0.1, 0.15) is 0 Å². The molecular formula is C16H18N4O2S. The van der Waals surface area contributed by atoms with Crippen LogP contribution in [0.25, 0.3) is 0 Å². The Labute approximate surface area is 138 Å². The number of aryl methyl sites for hydroxylation is 1. The molecule has 1 aliphatic carbocycles. The van der Waals surface area contributed by atoms with E-state index in [-0.39, 0.29) is 18.4 Å². The van der Waals surface area contributed by atoms with Crippen LogP contribution in [-0.2, 0) is 11.2 Å². The maximum absolute atomic E-state index is 12.0. The summed E-state index contributed by atoms with van der Waals surface area (Å²) in [4.78, 5) is 27.9. The molecule has 3 rings (SSSR count). The largest absolute Gasteiger partial charge is 0.335 e. The summed E-state index contributed by atoms with van der Waals surface area (Å²) in [6.07, 6.45) is 2.36. The maximum Gasteiger partial charge on any atom is 0.319 e. The van der Waals surface area contributed by atoms with Gasteiger partial charge in [-0.25, -0.2) is 9.78 Å². The SMILES string of the molecule is Cc1nc(CC(=O)Nc2ccc(NC(=O)NC3CC3)cc2)cs1. The van der Waals surface area contributed by atoms with Gasteiger partial charge in [0.2, 0.25) is 5.91 Å². The summed E-state index contributed by atoms with van der Waals surface area (Å²) in [6, 6.07) is 7.17. The highest BCUT2D eigenvalue weighted by atomic mass is 32.1. The van der Waals surface area contributed by atoms with E-state index in [2.05, 4.69) is 20.9 Å². The number of carbonyl (C=O) groups excluding carboxylic acids is 2. The maximum atomic E-state index is 12.0. The van der Waals surface area contributed by atoms with E-state index in [0.717, 1.165) is 23.5 Å². The summed E-state index contributed by atoms with van der Waals surface area (Å²) in [7, 11) is 0. The number of amides is 3. The van der Waals surface area contributed by atoms with Crippen LogP contribution in [0.2, 0.25) is 0 Å². The molecule has 3 N–H and O–H groups in total. The van der Waals surface area contributed by atoms with Crippen molar-refractivity contribution in [3.63, 3.8) is 0 Å². The highest BCUT2D eigenvalue weighted by Crippen LogP contribution is 2.19. The molecule has 0 saturated heterocycles. The monoisotopic (exact) mass is 330 g/mol. The zero-order valence-electron chi connectivity index (χ0n) is 12.8. The fourth-order valence-corrected chi connectivity index (χ4v) is 2.69. The van der Waals surface area contributed by atoms with Crippen LogP contribution in [0.15, 0.2) is 29.6 Å². The minimum atomic E-state index is -0.191. The first-order valence-electron chi connectivity index (χ1n) is 7.47. The molecule has 0 atom stereocenters. The van der Waals surface area contributed by atoms with Gasteiger partial charge in [0.25, 0.3) is 0 Å². The van der Waals surface area contributed by atoms with E-state index in [1.807, 2.05) is 12.3 Å². The highest BCUT2D eigenvalue weighted by Gasteiger charge is 2.23. The Bertz CT molecular complexity index is 707. The quantitative estimate of drug-likeness (QED) is 0.788. The molecule has 1 fully saturated rings. The first-order chi connectivity index (χ1) is 11.1. The second-order valence-electron chi connectivity index (χ2n) is 5.53. The molecule has 1 aliphatic rings. The van der Waals surface area contributed by atoms with Gasteiger partial charge in [0.15, 0.2) is 0 Å². The van der Waals surface area contributed by atoms with Crippen LogP contribution in [0.3, 0.4) is 0 Å². The van der Waals surface area contributed by atoms with Crippen molar-refractivity contribution in [1.29, 1.82) is 0 Å². The number of hydrogen-bond acceptors (Lipinski definition) is 4. The van der Waals surface area contributed by atoms with Crippen LogP contribution in [0.4, 0.5) is 16.2 Å². The van der Waals surface area contributed by atoms with Crippen molar-refractivity contribution < 1.29 is 9.59 Å². The van der Waals surface area contributed by atoms with Gasteiger partial charge in [-0.1, -0.05) is 0 Å².